The summed E-state index contributed by atoms with van der Waals surface area (Å²) in [5, 5.41) is 2.25. The molecule has 0 spiro atoms. The Bertz CT molecular complexity index is 1420. The smallest absolute Gasteiger partial charge is 0.485 e. The number of alkyl halides is 3. The van der Waals surface area contributed by atoms with Gasteiger partial charge in [-0.2, -0.15) is 22.7 Å². The molecule has 0 saturated heterocycles. The van der Waals surface area contributed by atoms with E-state index in [1.54, 1.807) is 6.20 Å². The summed E-state index contributed by atoms with van der Waals surface area (Å²) in [5.41, 5.74) is -3.71. The van der Waals surface area contributed by atoms with Crippen molar-refractivity contribution in [3.05, 3.63) is 79.4 Å². The molecule has 0 aromatic carbocycles. The molecule has 0 fully saturated rings. The Kier molecular flexibility index (Phi) is 5.40. The van der Waals surface area contributed by atoms with E-state index in [-0.39, 0.29) is 0 Å². The summed E-state index contributed by atoms with van der Waals surface area (Å²) in [6, 6.07) is 18.2. The SMILES string of the molecule is O=S(=O)([O-])C(F)(F)F.c1cc(-n2ccc3cccnc32)nc(-n2ccc3ccc[nH+]c32)c1. The molecule has 0 saturated carbocycles. The van der Waals surface area contributed by atoms with Gasteiger partial charge in [0.15, 0.2) is 10.1 Å². The van der Waals surface area contributed by atoms with Gasteiger partial charge in [0.25, 0.3) is 5.65 Å². The number of halogens is 3. The normalized spacial score (nSPS) is 12.0. The van der Waals surface area contributed by atoms with Crippen LogP contribution in [0, 0.1) is 0 Å². The van der Waals surface area contributed by atoms with Gasteiger partial charge in [-0.05, 0) is 42.5 Å². The fourth-order valence-corrected chi connectivity index (χ4v) is 3.04. The van der Waals surface area contributed by atoms with Gasteiger partial charge >= 0.3 is 5.51 Å². The quantitative estimate of drug-likeness (QED) is 0.296. The number of rotatable bonds is 2. The molecule has 1 N–H and O–H groups in total. The van der Waals surface area contributed by atoms with E-state index in [1.165, 1.54) is 0 Å². The van der Waals surface area contributed by atoms with Crippen molar-refractivity contribution in [2.75, 3.05) is 0 Å². The van der Waals surface area contributed by atoms with E-state index in [4.69, 9.17) is 18.0 Å². The molecule has 0 aliphatic heterocycles. The molecule has 32 heavy (non-hydrogen) atoms. The fraction of sp³-hybridized carbons (Fsp3) is 0.0500. The third-order valence-corrected chi connectivity index (χ3v) is 5.02. The van der Waals surface area contributed by atoms with Gasteiger partial charge in [0.1, 0.15) is 11.5 Å². The highest BCUT2D eigenvalue weighted by Gasteiger charge is 2.36. The summed E-state index contributed by atoms with van der Waals surface area (Å²) in [5.74, 6) is 1.71. The van der Waals surface area contributed by atoms with Crippen molar-refractivity contribution in [3.63, 3.8) is 0 Å². The van der Waals surface area contributed by atoms with Gasteiger partial charge in [-0.25, -0.2) is 18.4 Å². The molecule has 0 atom stereocenters. The largest absolute Gasteiger partial charge is 0.741 e. The highest BCUT2D eigenvalue weighted by atomic mass is 32.2. The maximum absolute atomic E-state index is 10.7. The van der Waals surface area contributed by atoms with Gasteiger partial charge in [0, 0.05) is 23.8 Å². The van der Waals surface area contributed by atoms with Crippen LogP contribution in [0.5, 0.6) is 0 Å². The van der Waals surface area contributed by atoms with Crippen molar-refractivity contribution in [1.29, 1.82) is 0 Å². The van der Waals surface area contributed by atoms with Crippen LogP contribution in [0.3, 0.4) is 0 Å². The third kappa shape index (κ3) is 4.18. The number of pyridine rings is 3. The van der Waals surface area contributed by atoms with Crippen LogP contribution in [-0.2, 0) is 10.1 Å². The van der Waals surface area contributed by atoms with Crippen LogP contribution in [0.1, 0.15) is 0 Å². The second kappa shape index (κ2) is 8.05. The second-order valence-corrected chi connectivity index (χ2v) is 7.89. The van der Waals surface area contributed by atoms with Gasteiger partial charge in [0.05, 0.1) is 17.8 Å². The van der Waals surface area contributed by atoms with Gasteiger partial charge < -0.3 is 4.55 Å². The monoisotopic (exact) mass is 461 g/mol. The molecular weight excluding hydrogens is 447 g/mol. The molecule has 12 heteroatoms. The zero-order valence-electron chi connectivity index (χ0n) is 16.1. The van der Waals surface area contributed by atoms with Crippen molar-refractivity contribution in [1.82, 2.24) is 19.1 Å². The Labute approximate surface area is 179 Å². The van der Waals surface area contributed by atoms with Crippen molar-refractivity contribution in [3.8, 4) is 11.6 Å². The summed E-state index contributed by atoms with van der Waals surface area (Å²) < 4.78 is 63.0. The highest BCUT2D eigenvalue weighted by Crippen LogP contribution is 2.21. The first kappa shape index (κ1) is 21.5. The maximum atomic E-state index is 10.7. The Morgan fingerprint density at radius 3 is 2.22 bits per heavy atom. The minimum absolute atomic E-state index is 0.846. The molecule has 5 aromatic heterocycles. The van der Waals surface area contributed by atoms with Crippen LogP contribution >= 0.6 is 0 Å². The Morgan fingerprint density at radius 2 is 1.50 bits per heavy atom. The average Bonchev–Trinajstić information content (AvgIpc) is 3.37. The van der Waals surface area contributed by atoms with Crippen molar-refractivity contribution >= 4 is 32.2 Å². The van der Waals surface area contributed by atoms with E-state index in [0.717, 1.165) is 33.7 Å². The van der Waals surface area contributed by atoms with Gasteiger partial charge in [-0.15, -0.1) is 0 Å². The predicted molar refractivity (Wildman–Crippen MR) is 108 cm³/mol. The molecule has 0 aliphatic carbocycles. The number of aromatic amines is 1. The van der Waals surface area contributed by atoms with E-state index < -0.39 is 15.6 Å². The maximum Gasteiger partial charge on any atom is 0.485 e. The van der Waals surface area contributed by atoms with Crippen LogP contribution in [0.25, 0.3) is 33.7 Å². The molecule has 5 rings (SSSR count). The van der Waals surface area contributed by atoms with E-state index in [0.29, 0.717) is 0 Å². The summed E-state index contributed by atoms with van der Waals surface area (Å²) in [6.07, 6.45) is 7.76. The second-order valence-electron chi connectivity index (χ2n) is 6.52. The summed E-state index contributed by atoms with van der Waals surface area (Å²) >= 11 is 0. The van der Waals surface area contributed by atoms with Crippen molar-refractivity contribution < 1.29 is 31.1 Å². The minimum atomic E-state index is -6.09. The number of hydrogen-bond donors (Lipinski definition) is 0. The highest BCUT2D eigenvalue weighted by molar-refractivity contribution is 7.86. The number of aromatic nitrogens is 5. The van der Waals surface area contributed by atoms with E-state index in [9.17, 15) is 13.2 Å². The third-order valence-electron chi connectivity index (χ3n) is 4.45. The van der Waals surface area contributed by atoms with Gasteiger partial charge in [0.2, 0.25) is 5.82 Å². The van der Waals surface area contributed by atoms with Gasteiger partial charge in [-0.3, -0.25) is 4.57 Å². The summed E-state index contributed by atoms with van der Waals surface area (Å²) in [4.78, 5) is 12.6. The summed E-state index contributed by atoms with van der Waals surface area (Å²) in [7, 11) is -6.09. The lowest BCUT2D eigenvalue weighted by Crippen LogP contribution is -2.21. The molecular formula is C20H14F3N5O3S. The van der Waals surface area contributed by atoms with Crippen LogP contribution < -0.4 is 4.98 Å². The average molecular weight is 461 g/mol. The number of H-pyrrole nitrogens is 1. The number of fused-ring (bicyclic) bond motifs is 2. The molecule has 0 aliphatic rings. The first-order valence-electron chi connectivity index (χ1n) is 9.05. The lowest BCUT2D eigenvalue weighted by molar-refractivity contribution is -0.348. The molecule has 0 amide bonds. The Balaban J connectivity index is 0.000000265. The topological polar surface area (TPSA) is 107 Å². The Hall–Kier alpha value is -3.77. The number of hydrogen-bond acceptors (Lipinski definition) is 5. The molecule has 0 radical (unpaired) electrons. The Morgan fingerprint density at radius 1 is 0.875 bits per heavy atom. The lowest BCUT2D eigenvalue weighted by Gasteiger charge is -2.08. The first-order valence-corrected chi connectivity index (χ1v) is 10.5. The van der Waals surface area contributed by atoms with Crippen molar-refractivity contribution in [2.45, 2.75) is 5.51 Å². The summed E-state index contributed by atoms with van der Waals surface area (Å²) in [6.45, 7) is 0. The van der Waals surface area contributed by atoms with Crippen LogP contribution in [-0.4, -0.2) is 37.6 Å². The first-order chi connectivity index (χ1) is 15.1. The molecule has 5 aromatic rings. The molecule has 8 nitrogen and oxygen atoms in total. The minimum Gasteiger partial charge on any atom is -0.741 e. The van der Waals surface area contributed by atoms with Crippen LogP contribution in [0.4, 0.5) is 13.2 Å². The van der Waals surface area contributed by atoms with E-state index >= 15 is 0 Å². The molecule has 164 valence electrons. The molecule has 5 heterocycles. The van der Waals surface area contributed by atoms with E-state index in [1.807, 2.05) is 53.5 Å². The van der Waals surface area contributed by atoms with Crippen molar-refractivity contribution in [2.24, 2.45) is 0 Å². The molecule has 0 bridgehead atoms. The van der Waals surface area contributed by atoms with Gasteiger partial charge in [-0.1, -0.05) is 6.07 Å². The predicted octanol–water partition coefficient (Wildman–Crippen LogP) is 3.23. The number of nitrogens with zero attached hydrogens (tertiary/aromatic N) is 4. The van der Waals surface area contributed by atoms with E-state index in [2.05, 4.69) is 38.8 Å². The zero-order chi connectivity index (χ0) is 22.9. The standard InChI is InChI=1S/C19H13N5.CHF3O3S/c1-6-16(23-12-8-14-4-2-10-20-18(14)23)22-17(7-1)24-13-9-15-5-3-11-21-19(15)24;2-1(3,4)8(5,6)7/h1-13H;(H,5,6,7). The lowest BCUT2D eigenvalue weighted by atomic mass is 10.3. The number of nitrogens with one attached hydrogen (secondary N) is 1. The van der Waals surface area contributed by atoms with Crippen LogP contribution in [0.15, 0.2) is 79.4 Å². The van der Waals surface area contributed by atoms with Crippen LogP contribution in [0.2, 0.25) is 0 Å². The molecule has 0 unspecified atom stereocenters. The fourth-order valence-electron chi connectivity index (χ4n) is 3.04. The zero-order valence-corrected chi connectivity index (χ0v) is 16.9.